The molecule has 0 spiro atoms. The number of hydrogen-bond donors (Lipinski definition) is 1. The topological polar surface area (TPSA) is 83.6 Å². The molecule has 1 amide bonds. The summed E-state index contributed by atoms with van der Waals surface area (Å²) in [6.07, 6.45) is 7.63. The van der Waals surface area contributed by atoms with Crippen LogP contribution in [-0.2, 0) is 6.54 Å². The molecule has 7 nitrogen and oxygen atoms in total. The number of nitrogens with zero attached hydrogens (tertiary/aromatic N) is 5. The third kappa shape index (κ3) is 3.89. The van der Waals surface area contributed by atoms with Gasteiger partial charge in [0.15, 0.2) is 0 Å². The molecule has 7 heteroatoms. The normalized spacial score (nSPS) is 12.0. The van der Waals surface area contributed by atoms with Crippen LogP contribution in [0.25, 0.3) is 5.78 Å². The van der Waals surface area contributed by atoms with E-state index in [1.807, 2.05) is 42.5 Å². The molecule has 1 atom stereocenters. The summed E-state index contributed by atoms with van der Waals surface area (Å²) in [5.74, 6) is 0.190. The molecule has 0 bridgehead atoms. The summed E-state index contributed by atoms with van der Waals surface area (Å²) in [7, 11) is 0. The van der Waals surface area contributed by atoms with Crippen LogP contribution in [0.15, 0.2) is 79.5 Å². The molecule has 0 saturated heterocycles. The van der Waals surface area contributed by atoms with Gasteiger partial charge in [-0.15, -0.1) is 0 Å². The third-order valence-corrected chi connectivity index (χ3v) is 4.44. The van der Waals surface area contributed by atoms with Crippen LogP contribution < -0.4 is 0 Å². The first-order valence-electron chi connectivity index (χ1n) is 8.91. The van der Waals surface area contributed by atoms with Crippen LogP contribution in [0.4, 0.5) is 0 Å². The van der Waals surface area contributed by atoms with E-state index in [4.69, 9.17) is 0 Å². The Morgan fingerprint density at radius 1 is 1.07 bits per heavy atom. The Morgan fingerprint density at radius 3 is 2.61 bits per heavy atom. The maximum absolute atomic E-state index is 13.2. The number of hydrogen-bond acceptors (Lipinski definition) is 5. The number of benzene rings is 1. The van der Waals surface area contributed by atoms with Crippen LogP contribution in [0.2, 0.25) is 0 Å². The Kier molecular flexibility index (Phi) is 5.07. The number of aromatic nitrogens is 4. The number of carbonyl (C=O) groups excluding carboxylic acids is 1. The second kappa shape index (κ2) is 7.98. The Morgan fingerprint density at radius 2 is 1.86 bits per heavy atom. The highest BCUT2D eigenvalue weighted by atomic mass is 16.3. The molecular weight excluding hydrogens is 354 g/mol. The number of aliphatic hydroxyl groups excluding tert-OH is 1. The molecule has 28 heavy (non-hydrogen) atoms. The monoisotopic (exact) mass is 373 g/mol. The summed E-state index contributed by atoms with van der Waals surface area (Å²) >= 11 is 0. The number of aliphatic hydroxyl groups is 1. The van der Waals surface area contributed by atoms with Gasteiger partial charge in [-0.2, -0.15) is 0 Å². The molecule has 1 N–H and O–H groups in total. The van der Waals surface area contributed by atoms with Crippen LogP contribution in [-0.4, -0.2) is 41.8 Å². The summed E-state index contributed by atoms with van der Waals surface area (Å²) in [4.78, 5) is 27.3. The summed E-state index contributed by atoms with van der Waals surface area (Å²) in [5.41, 5.74) is 1.96. The molecule has 0 radical (unpaired) electrons. The molecule has 0 unspecified atom stereocenters. The van der Waals surface area contributed by atoms with E-state index in [0.717, 1.165) is 11.1 Å². The van der Waals surface area contributed by atoms with Gasteiger partial charge in [0.2, 0.25) is 5.78 Å². The van der Waals surface area contributed by atoms with Gasteiger partial charge >= 0.3 is 0 Å². The smallest absolute Gasteiger partial charge is 0.274 e. The van der Waals surface area contributed by atoms with Gasteiger partial charge in [-0.3, -0.25) is 14.2 Å². The van der Waals surface area contributed by atoms with Crippen molar-refractivity contribution in [3.63, 3.8) is 0 Å². The minimum absolute atomic E-state index is 0.145. The van der Waals surface area contributed by atoms with E-state index in [1.165, 1.54) is 0 Å². The summed E-state index contributed by atoms with van der Waals surface area (Å²) < 4.78 is 1.70. The highest BCUT2D eigenvalue weighted by Crippen LogP contribution is 2.17. The zero-order valence-corrected chi connectivity index (χ0v) is 15.1. The van der Waals surface area contributed by atoms with E-state index in [1.54, 1.807) is 46.4 Å². The number of amides is 1. The van der Waals surface area contributed by atoms with Crippen molar-refractivity contribution < 1.29 is 9.90 Å². The van der Waals surface area contributed by atoms with E-state index < -0.39 is 6.10 Å². The van der Waals surface area contributed by atoms with Crippen molar-refractivity contribution in [3.05, 3.63) is 96.3 Å². The molecule has 3 aromatic heterocycles. The fraction of sp³-hybridized carbons (Fsp3) is 0.143. The first-order chi connectivity index (χ1) is 13.7. The van der Waals surface area contributed by atoms with E-state index in [2.05, 4.69) is 15.0 Å². The molecule has 0 aliphatic rings. The molecule has 0 aliphatic carbocycles. The van der Waals surface area contributed by atoms with E-state index in [0.29, 0.717) is 12.3 Å². The molecule has 0 saturated carbocycles. The molecule has 140 valence electrons. The number of fused-ring (bicyclic) bond motifs is 1. The van der Waals surface area contributed by atoms with Crippen LogP contribution in [0.3, 0.4) is 0 Å². The standard InChI is InChI=1S/C21H19N5O2/c27-19(17-5-2-1-3-6-17)15-26(13-16-7-10-22-11-8-16)20(28)18-14-25-12-4-9-23-21(25)24-18/h1-12,14,19,27H,13,15H2/t19-/m1/s1. The molecule has 0 aliphatic heterocycles. The van der Waals surface area contributed by atoms with Gasteiger partial charge in [0.1, 0.15) is 5.69 Å². The summed E-state index contributed by atoms with van der Waals surface area (Å²) in [6, 6.07) is 14.8. The van der Waals surface area contributed by atoms with Crippen LogP contribution in [0.5, 0.6) is 0 Å². The zero-order chi connectivity index (χ0) is 19.3. The number of imidazole rings is 1. The summed E-state index contributed by atoms with van der Waals surface area (Å²) in [6.45, 7) is 0.485. The van der Waals surface area contributed by atoms with Gasteiger partial charge in [-0.05, 0) is 29.3 Å². The fourth-order valence-corrected chi connectivity index (χ4v) is 3.01. The largest absolute Gasteiger partial charge is 0.387 e. The van der Waals surface area contributed by atoms with Gasteiger partial charge in [-0.1, -0.05) is 30.3 Å². The van der Waals surface area contributed by atoms with Crippen molar-refractivity contribution in [2.75, 3.05) is 6.54 Å². The Hall–Kier alpha value is -3.58. The molecule has 0 fully saturated rings. The predicted molar refractivity (Wildman–Crippen MR) is 103 cm³/mol. The van der Waals surface area contributed by atoms with Gasteiger partial charge in [0.25, 0.3) is 5.91 Å². The number of carbonyl (C=O) groups is 1. The number of rotatable bonds is 6. The SMILES string of the molecule is O=C(c1cn2cccnc2n1)N(Cc1ccncc1)C[C@@H](O)c1ccccc1. The number of pyridine rings is 1. The highest BCUT2D eigenvalue weighted by Gasteiger charge is 2.23. The van der Waals surface area contributed by atoms with Gasteiger partial charge in [0, 0.05) is 37.5 Å². The van der Waals surface area contributed by atoms with Crippen molar-refractivity contribution in [1.82, 2.24) is 24.3 Å². The van der Waals surface area contributed by atoms with E-state index in [9.17, 15) is 9.90 Å². The van der Waals surface area contributed by atoms with Crippen molar-refractivity contribution in [3.8, 4) is 0 Å². The van der Waals surface area contributed by atoms with Crippen molar-refractivity contribution in [1.29, 1.82) is 0 Å². The predicted octanol–water partition coefficient (Wildman–Crippen LogP) is 2.50. The second-order valence-corrected chi connectivity index (χ2v) is 6.42. The zero-order valence-electron chi connectivity index (χ0n) is 15.1. The summed E-state index contributed by atoms with van der Waals surface area (Å²) in [5, 5.41) is 10.7. The lowest BCUT2D eigenvalue weighted by atomic mass is 10.1. The minimum Gasteiger partial charge on any atom is -0.387 e. The minimum atomic E-state index is -0.804. The average Bonchev–Trinajstić information content (AvgIpc) is 3.18. The van der Waals surface area contributed by atoms with Crippen LogP contribution in [0.1, 0.15) is 27.7 Å². The Labute approximate surface area is 161 Å². The van der Waals surface area contributed by atoms with Gasteiger partial charge in [0.05, 0.1) is 12.6 Å². The lowest BCUT2D eigenvalue weighted by Gasteiger charge is -2.25. The molecule has 3 heterocycles. The Bertz CT molecular complexity index is 1030. The van der Waals surface area contributed by atoms with E-state index in [-0.39, 0.29) is 18.1 Å². The first kappa shape index (κ1) is 17.8. The van der Waals surface area contributed by atoms with Crippen LogP contribution >= 0.6 is 0 Å². The average molecular weight is 373 g/mol. The lowest BCUT2D eigenvalue weighted by Crippen LogP contribution is -2.34. The van der Waals surface area contributed by atoms with Crippen LogP contribution in [0, 0.1) is 0 Å². The van der Waals surface area contributed by atoms with Gasteiger partial charge in [-0.25, -0.2) is 9.97 Å². The van der Waals surface area contributed by atoms with E-state index >= 15 is 0 Å². The Balaban J connectivity index is 1.62. The second-order valence-electron chi connectivity index (χ2n) is 6.42. The fourth-order valence-electron chi connectivity index (χ4n) is 3.01. The van der Waals surface area contributed by atoms with Crippen molar-refractivity contribution >= 4 is 11.7 Å². The first-order valence-corrected chi connectivity index (χ1v) is 8.91. The molecule has 1 aromatic carbocycles. The quantitative estimate of drug-likeness (QED) is 0.561. The van der Waals surface area contributed by atoms with Gasteiger partial charge < -0.3 is 10.0 Å². The lowest BCUT2D eigenvalue weighted by molar-refractivity contribution is 0.0599. The van der Waals surface area contributed by atoms with Crippen molar-refractivity contribution in [2.24, 2.45) is 0 Å². The maximum atomic E-state index is 13.2. The molecular formula is C21H19N5O2. The molecule has 4 rings (SSSR count). The third-order valence-electron chi connectivity index (χ3n) is 4.44. The maximum Gasteiger partial charge on any atom is 0.274 e. The molecule has 4 aromatic rings. The van der Waals surface area contributed by atoms with Crippen molar-refractivity contribution in [2.45, 2.75) is 12.6 Å². The highest BCUT2D eigenvalue weighted by molar-refractivity contribution is 5.92.